The zero-order chi connectivity index (χ0) is 23.9. The number of benzene rings is 2. The van der Waals surface area contributed by atoms with Crippen molar-refractivity contribution in [2.75, 3.05) is 31.6 Å². The number of ether oxygens (including phenoxy) is 1. The predicted molar refractivity (Wildman–Crippen MR) is 127 cm³/mol. The molecular formula is C24H28FN5O3S. The lowest BCUT2D eigenvalue weighted by atomic mass is 9.83. The van der Waals surface area contributed by atoms with Crippen LogP contribution in [0.25, 0.3) is 0 Å². The van der Waals surface area contributed by atoms with Gasteiger partial charge in [-0.25, -0.2) is 17.5 Å². The average molecular weight is 486 g/mol. The largest absolute Gasteiger partial charge is 0.492 e. The number of rotatable bonds is 7. The first kappa shape index (κ1) is 22.8. The van der Waals surface area contributed by atoms with Gasteiger partial charge in [0.25, 0.3) is 0 Å². The summed E-state index contributed by atoms with van der Waals surface area (Å²) in [4.78, 5) is 1.97. The lowest BCUT2D eigenvalue weighted by Crippen LogP contribution is -2.59. The molecule has 0 bridgehead atoms. The number of anilines is 1. The molecule has 1 aromatic heterocycles. The van der Waals surface area contributed by atoms with Crippen molar-refractivity contribution in [3.63, 3.8) is 0 Å². The van der Waals surface area contributed by atoms with Crippen LogP contribution in [0.15, 0.2) is 59.8 Å². The summed E-state index contributed by atoms with van der Waals surface area (Å²) in [5.74, 6) is 0.327. The van der Waals surface area contributed by atoms with Crippen molar-refractivity contribution in [1.82, 2.24) is 19.8 Å². The summed E-state index contributed by atoms with van der Waals surface area (Å²) in [6.45, 7) is 1.24. The molecule has 180 valence electrons. The molecule has 3 aromatic rings. The second-order valence-electron chi connectivity index (χ2n) is 8.92. The van der Waals surface area contributed by atoms with Crippen molar-refractivity contribution in [3.05, 3.63) is 71.8 Å². The van der Waals surface area contributed by atoms with Crippen molar-refractivity contribution in [3.8, 4) is 5.75 Å². The van der Waals surface area contributed by atoms with Crippen molar-refractivity contribution in [2.45, 2.75) is 29.3 Å². The smallest absolute Gasteiger partial charge is 0.244 e. The molecule has 2 aliphatic heterocycles. The van der Waals surface area contributed by atoms with E-state index in [9.17, 15) is 8.42 Å². The molecule has 2 aliphatic rings. The van der Waals surface area contributed by atoms with Gasteiger partial charge in [-0.15, -0.1) is 0 Å². The molecule has 5 rings (SSSR count). The zero-order valence-electron chi connectivity index (χ0n) is 19.1. The van der Waals surface area contributed by atoms with Gasteiger partial charge in [0.05, 0.1) is 17.9 Å². The summed E-state index contributed by atoms with van der Waals surface area (Å²) in [5, 5.41) is 7.26. The summed E-state index contributed by atoms with van der Waals surface area (Å²) in [7, 11) is -0.0901. The standard InChI is InChI=1S/C24H28FN5O3S/c1-26-22-15-33-24-10-21(25)23(9-20(24)19(22)8-16-6-4-3-5-7-16)30-12-17(13-30)28-34(31,32)18-11-27-29(2)14-18/h3-7,9-11,14,17,19,22,26,28H,8,12-13,15H2,1-2H3/t19-,22+/m1/s1. The third-order valence-corrected chi connectivity index (χ3v) is 8.06. The minimum Gasteiger partial charge on any atom is -0.492 e. The number of hydrogen-bond donors (Lipinski definition) is 2. The minimum atomic E-state index is -3.67. The fourth-order valence-corrected chi connectivity index (χ4v) is 5.91. The van der Waals surface area contributed by atoms with Crippen LogP contribution in [-0.2, 0) is 23.5 Å². The van der Waals surface area contributed by atoms with Crippen LogP contribution in [0.2, 0.25) is 0 Å². The molecule has 0 spiro atoms. The van der Waals surface area contributed by atoms with Crippen molar-refractivity contribution < 1.29 is 17.5 Å². The van der Waals surface area contributed by atoms with Crippen LogP contribution in [0.5, 0.6) is 5.75 Å². The van der Waals surface area contributed by atoms with E-state index < -0.39 is 10.0 Å². The molecule has 2 N–H and O–H groups in total. The highest BCUT2D eigenvalue weighted by Gasteiger charge is 2.36. The lowest BCUT2D eigenvalue weighted by Gasteiger charge is -2.42. The van der Waals surface area contributed by atoms with E-state index in [0.29, 0.717) is 31.1 Å². The first-order valence-corrected chi connectivity index (χ1v) is 12.8. The number of sulfonamides is 1. The highest BCUT2D eigenvalue weighted by Crippen LogP contribution is 2.40. The Kier molecular flexibility index (Phi) is 6.05. The van der Waals surface area contributed by atoms with Gasteiger partial charge in [0.1, 0.15) is 23.1 Å². The number of hydrogen-bond acceptors (Lipinski definition) is 6. The van der Waals surface area contributed by atoms with Crippen molar-refractivity contribution >= 4 is 15.7 Å². The average Bonchev–Trinajstić information content (AvgIpc) is 3.24. The number of fused-ring (bicyclic) bond motifs is 1. The maximum Gasteiger partial charge on any atom is 0.244 e. The molecule has 0 amide bonds. The Morgan fingerprint density at radius 2 is 1.97 bits per heavy atom. The highest BCUT2D eigenvalue weighted by atomic mass is 32.2. The van der Waals surface area contributed by atoms with E-state index in [1.54, 1.807) is 7.05 Å². The van der Waals surface area contributed by atoms with Crippen molar-refractivity contribution in [1.29, 1.82) is 0 Å². The maximum absolute atomic E-state index is 15.0. The maximum atomic E-state index is 15.0. The number of nitrogens with zero attached hydrogens (tertiary/aromatic N) is 3. The van der Waals surface area contributed by atoms with E-state index in [1.165, 1.54) is 28.7 Å². The molecule has 3 heterocycles. The summed E-state index contributed by atoms with van der Waals surface area (Å²) in [5.41, 5.74) is 2.64. The van der Waals surface area contributed by atoms with Crippen LogP contribution in [0.1, 0.15) is 17.0 Å². The summed E-state index contributed by atoms with van der Waals surface area (Å²) in [6, 6.07) is 13.4. The van der Waals surface area contributed by atoms with Gasteiger partial charge in [0, 0.05) is 49.9 Å². The molecule has 1 saturated heterocycles. The minimum absolute atomic E-state index is 0.0986. The summed E-state index contributed by atoms with van der Waals surface area (Å²) < 4.78 is 50.1. The topological polar surface area (TPSA) is 88.5 Å². The zero-order valence-corrected chi connectivity index (χ0v) is 19.9. The van der Waals surface area contributed by atoms with Crippen molar-refractivity contribution in [2.24, 2.45) is 7.05 Å². The van der Waals surface area contributed by atoms with Crippen LogP contribution in [0, 0.1) is 5.82 Å². The van der Waals surface area contributed by atoms with Gasteiger partial charge in [0.15, 0.2) is 0 Å². The van der Waals surface area contributed by atoms with E-state index in [2.05, 4.69) is 27.3 Å². The first-order valence-electron chi connectivity index (χ1n) is 11.3. The van der Waals surface area contributed by atoms with E-state index in [-0.39, 0.29) is 28.7 Å². The Morgan fingerprint density at radius 1 is 1.21 bits per heavy atom. The van der Waals surface area contributed by atoms with Gasteiger partial charge in [0.2, 0.25) is 10.0 Å². The molecule has 1 fully saturated rings. The number of aryl methyl sites for hydroxylation is 1. The lowest BCUT2D eigenvalue weighted by molar-refractivity contribution is 0.218. The van der Waals surface area contributed by atoms with E-state index in [0.717, 1.165) is 12.0 Å². The number of likely N-dealkylation sites (N-methyl/N-ethyl adjacent to an activating group) is 1. The number of nitrogens with one attached hydrogen (secondary N) is 2. The van der Waals surface area contributed by atoms with Gasteiger partial charge in [-0.2, -0.15) is 5.10 Å². The Balaban J connectivity index is 1.34. The second-order valence-corrected chi connectivity index (χ2v) is 10.6. The molecule has 0 aliphatic carbocycles. The molecular weight excluding hydrogens is 457 g/mol. The normalized spacial score (nSPS) is 20.5. The molecule has 10 heteroatoms. The van der Waals surface area contributed by atoms with E-state index in [4.69, 9.17) is 4.74 Å². The van der Waals surface area contributed by atoms with Crippen LogP contribution in [-0.4, -0.2) is 57.0 Å². The van der Waals surface area contributed by atoms with Gasteiger partial charge in [-0.3, -0.25) is 4.68 Å². The third-order valence-electron chi connectivity index (χ3n) is 6.59. The molecule has 2 atom stereocenters. The molecule has 0 radical (unpaired) electrons. The molecule has 2 aromatic carbocycles. The van der Waals surface area contributed by atoms with Crippen LogP contribution < -0.4 is 19.7 Å². The highest BCUT2D eigenvalue weighted by molar-refractivity contribution is 7.89. The molecule has 34 heavy (non-hydrogen) atoms. The Hall–Kier alpha value is -2.95. The van der Waals surface area contributed by atoms with Gasteiger partial charge in [-0.1, -0.05) is 30.3 Å². The fourth-order valence-electron chi connectivity index (χ4n) is 4.71. The second kappa shape index (κ2) is 9.01. The van der Waals surface area contributed by atoms with E-state index >= 15 is 4.39 Å². The number of aromatic nitrogens is 2. The Morgan fingerprint density at radius 3 is 2.65 bits per heavy atom. The van der Waals surface area contributed by atoms with Gasteiger partial charge < -0.3 is 15.0 Å². The first-order chi connectivity index (χ1) is 16.3. The Bertz CT molecular complexity index is 1280. The van der Waals surface area contributed by atoms with Gasteiger partial charge >= 0.3 is 0 Å². The summed E-state index contributed by atoms with van der Waals surface area (Å²) in [6.07, 6.45) is 3.57. The van der Waals surface area contributed by atoms with Gasteiger partial charge in [-0.05, 0) is 25.1 Å². The molecule has 0 saturated carbocycles. The predicted octanol–water partition coefficient (Wildman–Crippen LogP) is 2.03. The third kappa shape index (κ3) is 4.40. The monoisotopic (exact) mass is 485 g/mol. The quantitative estimate of drug-likeness (QED) is 0.533. The van der Waals surface area contributed by atoms with Crippen LogP contribution >= 0.6 is 0 Å². The SMILES string of the molecule is CN[C@H]1COc2cc(F)c(N3CC(NS(=O)(=O)c4cnn(C)c4)C3)cc2[C@H]1Cc1ccccc1. The van der Waals surface area contributed by atoms with E-state index in [1.807, 2.05) is 36.2 Å². The fraction of sp³-hybridized carbons (Fsp3) is 0.375. The number of halogens is 1. The summed E-state index contributed by atoms with van der Waals surface area (Å²) >= 11 is 0. The Labute approximate surface area is 198 Å². The molecule has 0 unspecified atom stereocenters. The molecule has 8 nitrogen and oxygen atoms in total. The van der Waals surface area contributed by atoms with Crippen LogP contribution in [0.4, 0.5) is 10.1 Å². The van der Waals surface area contributed by atoms with Crippen LogP contribution in [0.3, 0.4) is 0 Å².